The molecule has 0 aliphatic rings. The van der Waals surface area contributed by atoms with Gasteiger partial charge in [-0.05, 0) is 24.6 Å². The molecule has 3 aromatic rings. The smallest absolute Gasteiger partial charge is 0.295 e. The van der Waals surface area contributed by atoms with Crippen LogP contribution in [0.5, 0.6) is 17.4 Å². The highest BCUT2D eigenvalue weighted by molar-refractivity contribution is 5.98. The first kappa shape index (κ1) is 16.5. The molecule has 0 bridgehead atoms. The maximum Gasteiger partial charge on any atom is 0.295 e. The third kappa shape index (κ3) is 3.16. The van der Waals surface area contributed by atoms with Gasteiger partial charge in [0.15, 0.2) is 5.69 Å². The van der Waals surface area contributed by atoms with Crippen molar-refractivity contribution in [2.24, 2.45) is 10.2 Å². The van der Waals surface area contributed by atoms with Crippen molar-refractivity contribution in [2.45, 2.75) is 6.92 Å². The SMILES string of the molecule is COc1cc(OC)cc(C(=O)N=Nc2c(O)[nH]c3c(C)cccc23)c1. The minimum Gasteiger partial charge on any atom is -0.497 e. The fourth-order valence-electron chi connectivity index (χ4n) is 2.52. The van der Waals surface area contributed by atoms with Gasteiger partial charge in [0.2, 0.25) is 5.88 Å². The van der Waals surface area contributed by atoms with Gasteiger partial charge in [0.25, 0.3) is 5.91 Å². The van der Waals surface area contributed by atoms with Crippen molar-refractivity contribution in [3.8, 4) is 17.4 Å². The number of fused-ring (bicyclic) bond motifs is 1. The van der Waals surface area contributed by atoms with Crippen LogP contribution < -0.4 is 9.47 Å². The van der Waals surface area contributed by atoms with Crippen molar-refractivity contribution in [2.75, 3.05) is 14.2 Å². The molecule has 0 aliphatic heterocycles. The Morgan fingerprint density at radius 1 is 1.12 bits per heavy atom. The first-order valence-corrected chi connectivity index (χ1v) is 7.53. The summed E-state index contributed by atoms with van der Waals surface area (Å²) in [6, 6.07) is 10.3. The van der Waals surface area contributed by atoms with E-state index >= 15 is 0 Å². The minimum absolute atomic E-state index is 0.135. The third-order valence-electron chi connectivity index (χ3n) is 3.83. The number of carbonyl (C=O) groups is 1. The number of benzene rings is 2. The van der Waals surface area contributed by atoms with E-state index < -0.39 is 5.91 Å². The number of nitrogens with zero attached hydrogens (tertiary/aromatic N) is 2. The van der Waals surface area contributed by atoms with Crippen LogP contribution in [0.3, 0.4) is 0 Å². The fourth-order valence-corrected chi connectivity index (χ4v) is 2.52. The summed E-state index contributed by atoms with van der Waals surface area (Å²) in [5.74, 6) is 0.245. The predicted molar refractivity (Wildman–Crippen MR) is 93.1 cm³/mol. The Morgan fingerprint density at radius 3 is 2.44 bits per heavy atom. The lowest BCUT2D eigenvalue weighted by Gasteiger charge is -2.05. The van der Waals surface area contributed by atoms with E-state index in [0.717, 1.165) is 11.1 Å². The van der Waals surface area contributed by atoms with E-state index in [4.69, 9.17) is 9.47 Å². The average molecular weight is 339 g/mol. The number of aromatic amines is 1. The number of amides is 1. The van der Waals surface area contributed by atoms with Gasteiger partial charge in [-0.25, -0.2) is 0 Å². The molecule has 0 unspecified atom stereocenters. The monoisotopic (exact) mass is 339 g/mol. The summed E-state index contributed by atoms with van der Waals surface area (Å²) < 4.78 is 10.3. The number of aromatic hydroxyl groups is 1. The number of para-hydroxylation sites is 1. The van der Waals surface area contributed by atoms with Gasteiger partial charge in [0, 0.05) is 11.5 Å². The Balaban J connectivity index is 1.96. The number of H-pyrrole nitrogens is 1. The highest BCUT2D eigenvalue weighted by atomic mass is 16.5. The number of ether oxygens (including phenoxy) is 2. The zero-order valence-corrected chi connectivity index (χ0v) is 14.0. The van der Waals surface area contributed by atoms with Crippen LogP contribution >= 0.6 is 0 Å². The van der Waals surface area contributed by atoms with Gasteiger partial charge in [-0.1, -0.05) is 18.2 Å². The van der Waals surface area contributed by atoms with Crippen LogP contribution in [0, 0.1) is 6.92 Å². The Hall–Kier alpha value is -3.35. The van der Waals surface area contributed by atoms with Crippen LogP contribution in [-0.4, -0.2) is 30.2 Å². The Bertz CT molecular complexity index is 954. The zero-order valence-electron chi connectivity index (χ0n) is 14.0. The lowest BCUT2D eigenvalue weighted by Crippen LogP contribution is -1.96. The Labute approximate surface area is 143 Å². The minimum atomic E-state index is -0.571. The third-order valence-corrected chi connectivity index (χ3v) is 3.83. The van der Waals surface area contributed by atoms with Crippen LogP contribution in [0.15, 0.2) is 46.6 Å². The highest BCUT2D eigenvalue weighted by Crippen LogP contribution is 2.36. The Morgan fingerprint density at radius 2 is 1.80 bits per heavy atom. The number of hydrogen-bond donors (Lipinski definition) is 2. The number of nitrogens with one attached hydrogen (secondary N) is 1. The zero-order chi connectivity index (χ0) is 18.0. The molecule has 1 heterocycles. The van der Waals surface area contributed by atoms with Crippen molar-refractivity contribution in [1.82, 2.24) is 4.98 Å². The van der Waals surface area contributed by atoms with Crippen LogP contribution in [-0.2, 0) is 0 Å². The van der Waals surface area contributed by atoms with Crippen LogP contribution in [0.25, 0.3) is 10.9 Å². The van der Waals surface area contributed by atoms with E-state index in [1.54, 1.807) is 24.3 Å². The lowest BCUT2D eigenvalue weighted by molar-refractivity contribution is 0.0994. The topological polar surface area (TPSA) is 96.3 Å². The summed E-state index contributed by atoms with van der Waals surface area (Å²) in [5, 5.41) is 18.4. The molecule has 0 aliphatic carbocycles. The molecule has 1 aromatic heterocycles. The lowest BCUT2D eigenvalue weighted by atomic mass is 10.1. The van der Waals surface area contributed by atoms with Crippen LogP contribution in [0.1, 0.15) is 15.9 Å². The second-order valence-electron chi connectivity index (χ2n) is 5.43. The summed E-state index contributed by atoms with van der Waals surface area (Å²) >= 11 is 0. The number of rotatable bonds is 4. The summed E-state index contributed by atoms with van der Waals surface area (Å²) in [7, 11) is 2.99. The largest absolute Gasteiger partial charge is 0.497 e. The van der Waals surface area contributed by atoms with E-state index in [9.17, 15) is 9.90 Å². The molecular weight excluding hydrogens is 322 g/mol. The van der Waals surface area contributed by atoms with E-state index in [2.05, 4.69) is 15.2 Å². The molecular formula is C18H17N3O4. The van der Waals surface area contributed by atoms with Gasteiger partial charge in [0.05, 0.1) is 25.3 Å². The summed E-state index contributed by atoms with van der Waals surface area (Å²) in [5.41, 5.74) is 2.21. The van der Waals surface area contributed by atoms with E-state index in [-0.39, 0.29) is 17.1 Å². The maximum atomic E-state index is 12.3. The first-order valence-electron chi connectivity index (χ1n) is 7.53. The molecule has 2 N–H and O–H groups in total. The molecule has 0 atom stereocenters. The maximum absolute atomic E-state index is 12.3. The van der Waals surface area contributed by atoms with E-state index in [1.165, 1.54) is 14.2 Å². The molecule has 0 fully saturated rings. The molecule has 1 amide bonds. The molecule has 25 heavy (non-hydrogen) atoms. The molecule has 7 nitrogen and oxygen atoms in total. The van der Waals surface area contributed by atoms with E-state index in [0.29, 0.717) is 16.9 Å². The Kier molecular flexibility index (Phi) is 4.38. The number of methoxy groups -OCH3 is 2. The molecule has 0 radical (unpaired) electrons. The second kappa shape index (κ2) is 6.64. The summed E-state index contributed by atoms with van der Waals surface area (Å²) in [6.07, 6.45) is 0. The normalized spacial score (nSPS) is 11.2. The average Bonchev–Trinajstić information content (AvgIpc) is 2.96. The van der Waals surface area contributed by atoms with Gasteiger partial charge in [0.1, 0.15) is 11.5 Å². The number of hydrogen-bond acceptors (Lipinski definition) is 5. The molecule has 2 aromatic carbocycles. The number of azo groups is 1. The van der Waals surface area contributed by atoms with Gasteiger partial charge < -0.3 is 19.6 Å². The van der Waals surface area contributed by atoms with Gasteiger partial charge in [-0.2, -0.15) is 0 Å². The van der Waals surface area contributed by atoms with Gasteiger partial charge in [-0.15, -0.1) is 10.2 Å². The van der Waals surface area contributed by atoms with Crippen LogP contribution in [0.4, 0.5) is 5.69 Å². The van der Waals surface area contributed by atoms with Gasteiger partial charge in [-0.3, -0.25) is 4.79 Å². The quantitative estimate of drug-likeness (QED) is 0.699. The van der Waals surface area contributed by atoms with Gasteiger partial charge >= 0.3 is 0 Å². The van der Waals surface area contributed by atoms with Crippen molar-refractivity contribution in [1.29, 1.82) is 0 Å². The first-order chi connectivity index (χ1) is 12.0. The molecule has 0 saturated heterocycles. The highest BCUT2D eigenvalue weighted by Gasteiger charge is 2.13. The molecule has 7 heteroatoms. The predicted octanol–water partition coefficient (Wildman–Crippen LogP) is 4.12. The van der Waals surface area contributed by atoms with Crippen molar-refractivity contribution < 1.29 is 19.4 Å². The van der Waals surface area contributed by atoms with Crippen LogP contribution in [0.2, 0.25) is 0 Å². The second-order valence-corrected chi connectivity index (χ2v) is 5.43. The molecule has 128 valence electrons. The molecule has 0 spiro atoms. The van der Waals surface area contributed by atoms with E-state index in [1.807, 2.05) is 19.1 Å². The summed E-state index contributed by atoms with van der Waals surface area (Å²) in [6.45, 7) is 1.91. The van der Waals surface area contributed by atoms with Crippen molar-refractivity contribution in [3.05, 3.63) is 47.5 Å². The fraction of sp³-hybridized carbons (Fsp3) is 0.167. The molecule has 0 saturated carbocycles. The number of carbonyl (C=O) groups excluding carboxylic acids is 1. The number of aryl methyl sites for hydroxylation is 1. The van der Waals surface area contributed by atoms with Crippen molar-refractivity contribution in [3.63, 3.8) is 0 Å². The van der Waals surface area contributed by atoms with Crippen molar-refractivity contribution >= 4 is 22.5 Å². The molecule has 3 rings (SSSR count). The summed E-state index contributed by atoms with van der Waals surface area (Å²) in [4.78, 5) is 15.2. The number of aromatic nitrogens is 1. The standard InChI is InChI=1S/C18H17N3O4/c1-10-5-4-6-14-15(10)19-18(23)16(14)20-21-17(22)11-7-12(24-2)9-13(8-11)25-3/h4-9,19,23H,1-3H3.